The second-order valence-electron chi connectivity index (χ2n) is 5.59. The van der Waals surface area contributed by atoms with E-state index >= 15 is 0 Å². The van der Waals surface area contributed by atoms with Gasteiger partial charge < -0.3 is 4.90 Å². The van der Waals surface area contributed by atoms with Gasteiger partial charge in [0.05, 0.1) is 6.26 Å². The molecule has 0 bridgehead atoms. The zero-order chi connectivity index (χ0) is 17.2. The lowest BCUT2D eigenvalue weighted by Gasteiger charge is -2.35. The normalized spacial score (nSPS) is 17.6. The first kappa shape index (κ1) is 16.5. The first-order chi connectivity index (χ1) is 11.5. The summed E-state index contributed by atoms with van der Waals surface area (Å²) in [6.07, 6.45) is 2.58. The van der Waals surface area contributed by atoms with Crippen molar-refractivity contribution in [2.24, 2.45) is 0 Å². The van der Waals surface area contributed by atoms with E-state index in [1.807, 2.05) is 30.3 Å². The highest BCUT2D eigenvalue weighted by Crippen LogP contribution is 2.21. The third kappa shape index (κ3) is 3.44. The summed E-state index contributed by atoms with van der Waals surface area (Å²) in [5.41, 5.74) is 0.778. The van der Waals surface area contributed by atoms with Crippen molar-refractivity contribution in [2.45, 2.75) is 6.04 Å². The summed E-state index contributed by atoms with van der Waals surface area (Å²) in [5.74, 6) is -0.151. The standard InChI is InChI=1S/C14H18N6O3S/c1-24(22,23)19-9-7-18(8-10-19)14(21)13(20-11-15-16-17-20)12-5-3-2-4-6-12/h2-6,11,13H,7-10H2,1H3/t13-/m1/s1. The van der Waals surface area contributed by atoms with Crippen LogP contribution in [0.1, 0.15) is 11.6 Å². The topological polar surface area (TPSA) is 101 Å². The number of benzene rings is 1. The van der Waals surface area contributed by atoms with Crippen molar-refractivity contribution in [2.75, 3.05) is 32.4 Å². The molecule has 1 saturated heterocycles. The fraction of sp³-hybridized carbons (Fsp3) is 0.429. The number of carbonyl (C=O) groups excluding carboxylic acids is 1. The Morgan fingerprint density at radius 3 is 2.33 bits per heavy atom. The van der Waals surface area contributed by atoms with Gasteiger partial charge in [-0.15, -0.1) is 5.10 Å². The van der Waals surface area contributed by atoms with Crippen LogP contribution in [0, 0.1) is 0 Å². The number of aromatic nitrogens is 4. The molecule has 128 valence electrons. The maximum Gasteiger partial charge on any atom is 0.252 e. The largest absolute Gasteiger partial charge is 0.338 e. The Morgan fingerprint density at radius 1 is 1.12 bits per heavy atom. The molecule has 1 aliphatic rings. The molecule has 1 aliphatic heterocycles. The molecule has 10 heteroatoms. The van der Waals surface area contributed by atoms with Crippen LogP contribution in [0.25, 0.3) is 0 Å². The maximum absolute atomic E-state index is 13.0. The molecule has 0 unspecified atom stereocenters. The van der Waals surface area contributed by atoms with Crippen LogP contribution < -0.4 is 0 Å². The van der Waals surface area contributed by atoms with Gasteiger partial charge in [-0.2, -0.15) is 4.31 Å². The van der Waals surface area contributed by atoms with Crippen molar-refractivity contribution in [1.29, 1.82) is 0 Å². The molecule has 1 amide bonds. The van der Waals surface area contributed by atoms with Crippen molar-refractivity contribution in [3.63, 3.8) is 0 Å². The number of sulfonamides is 1. The molecule has 3 rings (SSSR count). The number of piperazine rings is 1. The molecule has 0 N–H and O–H groups in total. The van der Waals surface area contributed by atoms with Crippen molar-refractivity contribution >= 4 is 15.9 Å². The van der Waals surface area contributed by atoms with E-state index in [0.717, 1.165) is 5.56 Å². The number of nitrogens with zero attached hydrogens (tertiary/aromatic N) is 6. The number of rotatable bonds is 4. The molecule has 1 aromatic heterocycles. The molecule has 2 heterocycles. The summed E-state index contributed by atoms with van der Waals surface area (Å²) in [6, 6.07) is 8.60. The molecular formula is C14H18N6O3S. The van der Waals surface area contributed by atoms with Crippen LogP contribution >= 0.6 is 0 Å². The maximum atomic E-state index is 13.0. The average molecular weight is 350 g/mol. The minimum Gasteiger partial charge on any atom is -0.338 e. The Kier molecular flexibility index (Phi) is 4.58. The molecule has 0 saturated carbocycles. The van der Waals surface area contributed by atoms with Gasteiger partial charge in [-0.05, 0) is 16.0 Å². The third-order valence-electron chi connectivity index (χ3n) is 4.00. The van der Waals surface area contributed by atoms with Crippen LogP contribution in [0.4, 0.5) is 0 Å². The highest BCUT2D eigenvalue weighted by Gasteiger charge is 2.32. The molecule has 9 nitrogen and oxygen atoms in total. The summed E-state index contributed by atoms with van der Waals surface area (Å²) < 4.78 is 26.0. The van der Waals surface area contributed by atoms with Gasteiger partial charge in [0.25, 0.3) is 5.91 Å². The predicted molar refractivity (Wildman–Crippen MR) is 85.4 cm³/mol. The van der Waals surface area contributed by atoms with Crippen LogP contribution in [0.5, 0.6) is 0 Å². The Hall–Kier alpha value is -2.33. The van der Waals surface area contributed by atoms with Crippen LogP contribution in [0.2, 0.25) is 0 Å². The van der Waals surface area contributed by atoms with Crippen LogP contribution in [0.15, 0.2) is 36.7 Å². The molecule has 0 aliphatic carbocycles. The minimum atomic E-state index is -3.23. The van der Waals surface area contributed by atoms with Gasteiger partial charge in [-0.1, -0.05) is 30.3 Å². The van der Waals surface area contributed by atoms with E-state index in [1.165, 1.54) is 21.6 Å². The molecule has 2 aromatic rings. The summed E-state index contributed by atoms with van der Waals surface area (Å²) in [6.45, 7) is 1.28. The quantitative estimate of drug-likeness (QED) is 0.727. The van der Waals surface area contributed by atoms with E-state index in [0.29, 0.717) is 26.2 Å². The van der Waals surface area contributed by atoms with Gasteiger partial charge in [0.2, 0.25) is 10.0 Å². The van der Waals surface area contributed by atoms with Crippen LogP contribution in [0.3, 0.4) is 0 Å². The van der Waals surface area contributed by atoms with E-state index in [9.17, 15) is 13.2 Å². The van der Waals surface area contributed by atoms with Crippen molar-refractivity contribution in [1.82, 2.24) is 29.4 Å². The molecule has 0 spiro atoms. The minimum absolute atomic E-state index is 0.151. The molecule has 1 atom stereocenters. The number of hydrogen-bond acceptors (Lipinski definition) is 6. The Morgan fingerprint density at radius 2 is 1.79 bits per heavy atom. The van der Waals surface area contributed by atoms with Gasteiger partial charge in [-0.3, -0.25) is 4.79 Å². The zero-order valence-electron chi connectivity index (χ0n) is 13.2. The second kappa shape index (κ2) is 6.65. The summed E-state index contributed by atoms with van der Waals surface area (Å²) in [5, 5.41) is 11.1. The van der Waals surface area contributed by atoms with Gasteiger partial charge in [0.15, 0.2) is 6.04 Å². The lowest BCUT2D eigenvalue weighted by atomic mass is 10.1. The highest BCUT2D eigenvalue weighted by molar-refractivity contribution is 7.88. The number of amides is 1. The number of carbonyl (C=O) groups is 1. The van der Waals surface area contributed by atoms with Crippen LogP contribution in [-0.4, -0.2) is 76.2 Å². The van der Waals surface area contributed by atoms with Gasteiger partial charge in [0, 0.05) is 26.2 Å². The SMILES string of the molecule is CS(=O)(=O)N1CCN(C(=O)[C@@H](c2ccccc2)n2cnnn2)CC1. The summed E-state index contributed by atoms with van der Waals surface area (Å²) in [4.78, 5) is 14.6. The number of hydrogen-bond donors (Lipinski definition) is 0. The van der Waals surface area contributed by atoms with Crippen molar-refractivity contribution in [3.05, 3.63) is 42.2 Å². The van der Waals surface area contributed by atoms with E-state index in [1.54, 1.807) is 4.90 Å². The second-order valence-corrected chi connectivity index (χ2v) is 7.57. The molecule has 1 aromatic carbocycles. The first-order valence-corrected chi connectivity index (χ1v) is 9.33. The van der Waals surface area contributed by atoms with E-state index in [2.05, 4.69) is 15.5 Å². The van der Waals surface area contributed by atoms with Crippen LogP contribution in [-0.2, 0) is 14.8 Å². The molecule has 1 fully saturated rings. The number of tetrazole rings is 1. The first-order valence-electron chi connectivity index (χ1n) is 7.48. The van der Waals surface area contributed by atoms with Gasteiger partial charge in [-0.25, -0.2) is 13.1 Å². The van der Waals surface area contributed by atoms with E-state index in [-0.39, 0.29) is 5.91 Å². The predicted octanol–water partition coefficient (Wildman–Crippen LogP) is -0.634. The summed E-state index contributed by atoms with van der Waals surface area (Å²) >= 11 is 0. The Labute approximate surface area is 139 Å². The smallest absolute Gasteiger partial charge is 0.252 e. The van der Waals surface area contributed by atoms with E-state index in [4.69, 9.17) is 0 Å². The molecule has 24 heavy (non-hydrogen) atoms. The monoisotopic (exact) mass is 350 g/mol. The fourth-order valence-corrected chi connectivity index (χ4v) is 3.57. The highest BCUT2D eigenvalue weighted by atomic mass is 32.2. The zero-order valence-corrected chi connectivity index (χ0v) is 14.0. The average Bonchev–Trinajstić information content (AvgIpc) is 3.09. The van der Waals surface area contributed by atoms with Gasteiger partial charge >= 0.3 is 0 Å². The Bertz CT molecular complexity index is 785. The lowest BCUT2D eigenvalue weighted by molar-refractivity contribution is -0.135. The fourth-order valence-electron chi connectivity index (χ4n) is 2.74. The van der Waals surface area contributed by atoms with Crippen molar-refractivity contribution in [3.8, 4) is 0 Å². The molecular weight excluding hydrogens is 332 g/mol. The molecule has 0 radical (unpaired) electrons. The van der Waals surface area contributed by atoms with Gasteiger partial charge in [0.1, 0.15) is 6.33 Å². The van der Waals surface area contributed by atoms with Crippen molar-refractivity contribution < 1.29 is 13.2 Å². The summed E-state index contributed by atoms with van der Waals surface area (Å²) in [7, 11) is -3.23. The third-order valence-corrected chi connectivity index (χ3v) is 5.30. The lowest BCUT2D eigenvalue weighted by Crippen LogP contribution is -2.52. The Balaban J connectivity index is 1.81. The van der Waals surface area contributed by atoms with E-state index < -0.39 is 16.1 Å².